The van der Waals surface area contributed by atoms with Crippen molar-refractivity contribution in [1.82, 2.24) is 14.5 Å². The van der Waals surface area contributed by atoms with Crippen LogP contribution in [0.4, 0.5) is 0 Å². The van der Waals surface area contributed by atoms with Gasteiger partial charge in [0.05, 0.1) is 15.5 Å². The van der Waals surface area contributed by atoms with E-state index in [-0.39, 0.29) is 21.4 Å². The number of piperidine rings is 1. The number of hydrogen-bond acceptors (Lipinski definition) is 5. The van der Waals surface area contributed by atoms with E-state index in [1.54, 1.807) is 11.8 Å². The first-order chi connectivity index (χ1) is 13.9. The Labute approximate surface area is 183 Å². The Bertz CT molecular complexity index is 813. The van der Waals surface area contributed by atoms with Gasteiger partial charge in [0.15, 0.2) is 0 Å². The number of nitrogens with zero attached hydrogens (tertiary/aromatic N) is 2. The highest BCUT2D eigenvalue weighted by Gasteiger charge is 2.27. The highest BCUT2D eigenvalue weighted by molar-refractivity contribution is 7.99. The summed E-state index contributed by atoms with van der Waals surface area (Å²) < 4.78 is 27.2. The molecule has 2 aliphatic rings. The van der Waals surface area contributed by atoms with Gasteiger partial charge in [-0.25, -0.2) is 8.42 Å². The summed E-state index contributed by atoms with van der Waals surface area (Å²) in [7, 11) is -3.61. The molecule has 1 atom stereocenters. The summed E-state index contributed by atoms with van der Waals surface area (Å²) in [6, 6.07) is 4.38. The van der Waals surface area contributed by atoms with Gasteiger partial charge in [-0.05, 0) is 56.5 Å². The van der Waals surface area contributed by atoms with Gasteiger partial charge < -0.3 is 10.2 Å². The lowest BCUT2D eigenvalue weighted by Crippen LogP contribution is -2.38. The molecule has 0 saturated carbocycles. The molecule has 3 rings (SSSR count). The molecule has 0 spiro atoms. The van der Waals surface area contributed by atoms with Crippen molar-refractivity contribution >= 4 is 39.3 Å². The minimum atomic E-state index is -3.61. The molecule has 0 unspecified atom stereocenters. The van der Waals surface area contributed by atoms with Gasteiger partial charge in [0.2, 0.25) is 10.0 Å². The van der Waals surface area contributed by atoms with Crippen LogP contribution in [0.5, 0.6) is 0 Å². The van der Waals surface area contributed by atoms with E-state index < -0.39 is 10.0 Å². The summed E-state index contributed by atoms with van der Waals surface area (Å²) in [4.78, 5) is 15.2. The smallest absolute Gasteiger partial charge is 0.252 e. The number of halogens is 1. The van der Waals surface area contributed by atoms with Crippen molar-refractivity contribution in [3.05, 3.63) is 28.8 Å². The number of carbonyl (C=O) groups is 1. The fourth-order valence-corrected chi connectivity index (χ4v) is 6.67. The van der Waals surface area contributed by atoms with Crippen LogP contribution >= 0.6 is 23.4 Å². The van der Waals surface area contributed by atoms with Crippen molar-refractivity contribution in [3.63, 3.8) is 0 Å². The van der Waals surface area contributed by atoms with Gasteiger partial charge in [-0.15, -0.1) is 0 Å². The van der Waals surface area contributed by atoms with E-state index in [1.807, 2.05) is 0 Å². The summed E-state index contributed by atoms with van der Waals surface area (Å²) in [5, 5.41) is 3.15. The Kier molecular flexibility index (Phi) is 8.27. The molecule has 6 nitrogen and oxygen atoms in total. The Balaban J connectivity index is 1.58. The summed E-state index contributed by atoms with van der Waals surface area (Å²) in [5.74, 6) is 1.99. The quantitative estimate of drug-likeness (QED) is 0.635. The van der Waals surface area contributed by atoms with Crippen molar-refractivity contribution in [2.75, 3.05) is 50.8 Å². The highest BCUT2D eigenvalue weighted by atomic mass is 35.5. The third kappa shape index (κ3) is 6.10. The van der Waals surface area contributed by atoms with Crippen LogP contribution in [-0.2, 0) is 10.0 Å². The number of likely N-dealkylation sites (tertiary alicyclic amines) is 1. The van der Waals surface area contributed by atoms with Crippen molar-refractivity contribution in [2.45, 2.75) is 31.1 Å². The van der Waals surface area contributed by atoms with Gasteiger partial charge in [0.25, 0.3) is 5.91 Å². The second-order valence-electron chi connectivity index (χ2n) is 7.82. The maximum Gasteiger partial charge on any atom is 0.252 e. The van der Waals surface area contributed by atoms with Gasteiger partial charge >= 0.3 is 0 Å². The number of thioether (sulfide) groups is 1. The predicted molar refractivity (Wildman–Crippen MR) is 119 cm³/mol. The van der Waals surface area contributed by atoms with Crippen LogP contribution < -0.4 is 5.32 Å². The molecular formula is C20H30ClN3O3S2. The fraction of sp³-hybridized carbons (Fsp3) is 0.650. The minimum Gasteiger partial charge on any atom is -0.352 e. The van der Waals surface area contributed by atoms with E-state index >= 15 is 0 Å². The topological polar surface area (TPSA) is 69.7 Å². The lowest BCUT2D eigenvalue weighted by molar-refractivity contribution is 0.0950. The van der Waals surface area contributed by atoms with Crippen molar-refractivity contribution in [2.24, 2.45) is 5.92 Å². The van der Waals surface area contributed by atoms with Gasteiger partial charge in [-0.1, -0.05) is 18.5 Å². The number of rotatable bonds is 7. The van der Waals surface area contributed by atoms with Crippen LogP contribution in [0.2, 0.25) is 5.02 Å². The summed E-state index contributed by atoms with van der Waals surface area (Å²) >= 11 is 7.94. The molecule has 9 heteroatoms. The maximum atomic E-state index is 12.9. The van der Waals surface area contributed by atoms with E-state index in [1.165, 1.54) is 35.3 Å². The number of nitrogens with one attached hydrogen (secondary N) is 1. The summed E-state index contributed by atoms with van der Waals surface area (Å²) in [6.45, 7) is 7.01. The molecule has 0 aliphatic carbocycles. The number of carbonyl (C=O) groups excluding carboxylic acids is 1. The predicted octanol–water partition coefficient (Wildman–Crippen LogP) is 2.93. The van der Waals surface area contributed by atoms with Crippen LogP contribution in [0.25, 0.3) is 0 Å². The standard InChI is InChI=1S/C20H30ClN3O3S2/c1-16-4-2-8-23(15-16)9-3-7-22-20(25)18-14-17(5-6-19(18)21)29(26,27)24-10-12-28-13-11-24/h5-6,14,16H,2-4,7-13,15H2,1H3,(H,22,25)/t16-/m0/s1. The molecule has 2 saturated heterocycles. The van der Waals surface area contributed by atoms with Gasteiger partial charge in [0, 0.05) is 37.7 Å². The van der Waals surface area contributed by atoms with Crippen LogP contribution in [0, 0.1) is 5.92 Å². The minimum absolute atomic E-state index is 0.126. The first kappa shape index (κ1) is 22.9. The normalized spacial score (nSPS) is 21.8. The molecule has 162 valence electrons. The van der Waals surface area contributed by atoms with Crippen molar-refractivity contribution in [3.8, 4) is 0 Å². The van der Waals surface area contributed by atoms with E-state index in [0.29, 0.717) is 19.6 Å². The Morgan fingerprint density at radius 2 is 2.03 bits per heavy atom. The number of hydrogen-bond donors (Lipinski definition) is 1. The molecule has 1 N–H and O–H groups in total. The Morgan fingerprint density at radius 3 is 2.76 bits per heavy atom. The third-order valence-corrected chi connectivity index (χ3v) is 8.63. The number of sulfonamides is 1. The molecule has 1 aromatic carbocycles. The lowest BCUT2D eigenvalue weighted by Gasteiger charge is -2.30. The summed E-state index contributed by atoms with van der Waals surface area (Å²) in [5.41, 5.74) is 0.214. The Morgan fingerprint density at radius 1 is 1.28 bits per heavy atom. The average molecular weight is 460 g/mol. The van der Waals surface area contributed by atoms with E-state index in [0.717, 1.165) is 43.5 Å². The summed E-state index contributed by atoms with van der Waals surface area (Å²) in [6.07, 6.45) is 3.39. The SMILES string of the molecule is C[C@H]1CCCN(CCCNC(=O)c2cc(S(=O)(=O)N3CCSCC3)ccc2Cl)C1. The molecule has 1 amide bonds. The van der Waals surface area contributed by atoms with Crippen LogP contribution in [0.1, 0.15) is 36.5 Å². The third-order valence-electron chi connectivity index (χ3n) is 5.47. The monoisotopic (exact) mass is 459 g/mol. The largest absolute Gasteiger partial charge is 0.352 e. The van der Waals surface area contributed by atoms with Gasteiger partial charge in [0.1, 0.15) is 0 Å². The van der Waals surface area contributed by atoms with E-state index in [9.17, 15) is 13.2 Å². The van der Waals surface area contributed by atoms with Crippen molar-refractivity contribution < 1.29 is 13.2 Å². The molecule has 29 heavy (non-hydrogen) atoms. The second-order valence-corrected chi connectivity index (χ2v) is 11.4. The lowest BCUT2D eigenvalue weighted by atomic mass is 10.0. The van der Waals surface area contributed by atoms with Crippen molar-refractivity contribution in [1.29, 1.82) is 0 Å². The second kappa shape index (κ2) is 10.5. The Hall–Kier alpha value is -0.800. The first-order valence-electron chi connectivity index (χ1n) is 10.3. The number of benzene rings is 1. The molecule has 2 aliphatic heterocycles. The van der Waals surface area contributed by atoms with Crippen LogP contribution in [0.15, 0.2) is 23.1 Å². The molecule has 0 bridgehead atoms. The van der Waals surface area contributed by atoms with Crippen LogP contribution in [-0.4, -0.2) is 74.3 Å². The molecule has 1 aromatic rings. The molecule has 0 radical (unpaired) electrons. The van der Waals surface area contributed by atoms with Gasteiger partial charge in [-0.3, -0.25) is 4.79 Å². The molecule has 2 heterocycles. The zero-order valence-corrected chi connectivity index (χ0v) is 19.3. The molecular weight excluding hydrogens is 430 g/mol. The fourth-order valence-electron chi connectivity index (χ4n) is 3.86. The zero-order chi connectivity index (χ0) is 20.9. The van der Waals surface area contributed by atoms with Crippen LogP contribution in [0.3, 0.4) is 0 Å². The zero-order valence-electron chi connectivity index (χ0n) is 16.9. The van der Waals surface area contributed by atoms with E-state index in [2.05, 4.69) is 17.1 Å². The molecule has 0 aromatic heterocycles. The average Bonchev–Trinajstić information content (AvgIpc) is 2.72. The maximum absolute atomic E-state index is 12.9. The highest BCUT2D eigenvalue weighted by Crippen LogP contribution is 2.25. The van der Waals surface area contributed by atoms with E-state index in [4.69, 9.17) is 11.6 Å². The van der Waals surface area contributed by atoms with Gasteiger partial charge in [-0.2, -0.15) is 16.1 Å². The number of amides is 1. The molecule has 2 fully saturated rings. The first-order valence-corrected chi connectivity index (χ1v) is 13.2.